The van der Waals surface area contributed by atoms with E-state index in [0.717, 1.165) is 27.9 Å². The molecule has 0 spiro atoms. The molecule has 2 heteroatoms. The molecule has 2 aromatic rings. The molecule has 2 rings (SSSR count). The Labute approximate surface area is 114 Å². The van der Waals surface area contributed by atoms with Crippen LogP contribution in [0.4, 0.5) is 5.69 Å². The summed E-state index contributed by atoms with van der Waals surface area (Å²) in [6.45, 7) is 5.84. The minimum Gasteiger partial charge on any atom is -0.398 e. The smallest absolute Gasteiger partial charge is 0.0772 e. The predicted molar refractivity (Wildman–Crippen MR) is 79.7 cm³/mol. The first-order chi connectivity index (χ1) is 8.95. The first-order valence-corrected chi connectivity index (χ1v) is 6.33. The summed E-state index contributed by atoms with van der Waals surface area (Å²) in [5.41, 5.74) is 10.4. The molecule has 0 aliphatic heterocycles. The van der Waals surface area contributed by atoms with Crippen LogP contribution in [-0.2, 0) is 5.41 Å². The molecule has 0 radical (unpaired) electrons. The Balaban J connectivity index is 2.74. The lowest BCUT2D eigenvalue weighted by Crippen LogP contribution is -2.16. The van der Waals surface area contributed by atoms with Crippen molar-refractivity contribution in [3.8, 4) is 17.2 Å². The van der Waals surface area contributed by atoms with Gasteiger partial charge in [0.15, 0.2) is 0 Å². The van der Waals surface area contributed by atoms with E-state index in [9.17, 15) is 5.26 Å². The van der Waals surface area contributed by atoms with Crippen molar-refractivity contribution in [1.29, 1.82) is 5.26 Å². The molecule has 0 bridgehead atoms. The SMILES string of the molecule is Cc1cc(C(C)(C)C#N)c(-c2ccccc2)cc1N. The second kappa shape index (κ2) is 4.78. The highest BCUT2D eigenvalue weighted by atomic mass is 14.6. The number of benzene rings is 2. The van der Waals surface area contributed by atoms with E-state index in [1.165, 1.54) is 0 Å². The van der Waals surface area contributed by atoms with Gasteiger partial charge in [0.2, 0.25) is 0 Å². The average Bonchev–Trinajstić information content (AvgIpc) is 2.42. The number of nitrogen functional groups attached to an aromatic ring is 1. The van der Waals surface area contributed by atoms with Crippen molar-refractivity contribution in [3.63, 3.8) is 0 Å². The number of nitrogens with two attached hydrogens (primary N) is 1. The summed E-state index contributed by atoms with van der Waals surface area (Å²) in [5, 5.41) is 9.40. The van der Waals surface area contributed by atoms with E-state index in [-0.39, 0.29) is 0 Å². The molecular formula is C17H18N2. The second-order valence-corrected chi connectivity index (χ2v) is 5.36. The lowest BCUT2D eigenvalue weighted by molar-refractivity contribution is 0.688. The van der Waals surface area contributed by atoms with Gasteiger partial charge in [0.25, 0.3) is 0 Å². The maximum atomic E-state index is 9.40. The van der Waals surface area contributed by atoms with Crippen molar-refractivity contribution in [2.24, 2.45) is 0 Å². The molecule has 96 valence electrons. The lowest BCUT2D eigenvalue weighted by atomic mass is 9.80. The topological polar surface area (TPSA) is 49.8 Å². The third-order valence-corrected chi connectivity index (χ3v) is 3.44. The van der Waals surface area contributed by atoms with Gasteiger partial charge in [0, 0.05) is 5.69 Å². The molecule has 2 nitrogen and oxygen atoms in total. The fourth-order valence-electron chi connectivity index (χ4n) is 2.16. The van der Waals surface area contributed by atoms with Crippen molar-refractivity contribution in [2.45, 2.75) is 26.2 Å². The fourth-order valence-corrected chi connectivity index (χ4v) is 2.16. The number of nitriles is 1. The van der Waals surface area contributed by atoms with Crippen LogP contribution in [-0.4, -0.2) is 0 Å². The molecule has 0 heterocycles. The lowest BCUT2D eigenvalue weighted by Gasteiger charge is -2.22. The first-order valence-electron chi connectivity index (χ1n) is 6.33. The van der Waals surface area contributed by atoms with Gasteiger partial charge < -0.3 is 5.73 Å². The highest BCUT2D eigenvalue weighted by Gasteiger charge is 2.24. The molecule has 0 saturated carbocycles. The molecule has 0 aromatic heterocycles. The van der Waals surface area contributed by atoms with Gasteiger partial charge in [0.05, 0.1) is 11.5 Å². The summed E-state index contributed by atoms with van der Waals surface area (Å²) in [6.07, 6.45) is 0. The Morgan fingerprint density at radius 1 is 1.11 bits per heavy atom. The third kappa shape index (κ3) is 2.46. The van der Waals surface area contributed by atoms with Crippen LogP contribution in [0.1, 0.15) is 25.0 Å². The van der Waals surface area contributed by atoms with Gasteiger partial charge >= 0.3 is 0 Å². The van der Waals surface area contributed by atoms with Crippen LogP contribution < -0.4 is 5.73 Å². The van der Waals surface area contributed by atoms with E-state index in [1.807, 2.05) is 63.2 Å². The normalized spacial score (nSPS) is 11.1. The van der Waals surface area contributed by atoms with Crippen molar-refractivity contribution in [1.82, 2.24) is 0 Å². The molecular weight excluding hydrogens is 232 g/mol. The van der Waals surface area contributed by atoms with E-state index >= 15 is 0 Å². The van der Waals surface area contributed by atoms with Gasteiger partial charge in [-0.2, -0.15) is 5.26 Å². The average molecular weight is 250 g/mol. The van der Waals surface area contributed by atoms with Crippen LogP contribution in [0.3, 0.4) is 0 Å². The predicted octanol–water partition coefficient (Wildman–Crippen LogP) is 4.05. The third-order valence-electron chi connectivity index (χ3n) is 3.44. The summed E-state index contributed by atoms with van der Waals surface area (Å²) in [6, 6.07) is 16.4. The molecule has 0 fully saturated rings. The molecule has 2 N–H and O–H groups in total. The first kappa shape index (κ1) is 13.2. The molecule has 19 heavy (non-hydrogen) atoms. The molecule has 0 amide bonds. The summed E-state index contributed by atoms with van der Waals surface area (Å²) in [5.74, 6) is 0. The molecule has 0 saturated heterocycles. The summed E-state index contributed by atoms with van der Waals surface area (Å²) in [7, 11) is 0. The van der Waals surface area contributed by atoms with Crippen LogP contribution in [0.15, 0.2) is 42.5 Å². The Bertz CT molecular complexity index is 634. The number of aryl methyl sites for hydroxylation is 1. The molecule has 2 aromatic carbocycles. The standard InChI is InChI=1S/C17H18N2/c1-12-9-15(17(2,3)11-18)14(10-16(12)19)13-7-5-4-6-8-13/h4-10H,19H2,1-3H3. The highest BCUT2D eigenvalue weighted by Crippen LogP contribution is 2.35. The Hall–Kier alpha value is -2.27. The number of rotatable bonds is 2. The second-order valence-electron chi connectivity index (χ2n) is 5.36. The van der Waals surface area contributed by atoms with Crippen molar-refractivity contribution < 1.29 is 0 Å². The van der Waals surface area contributed by atoms with Crippen LogP contribution in [0.25, 0.3) is 11.1 Å². The number of nitrogens with zero attached hydrogens (tertiary/aromatic N) is 1. The van der Waals surface area contributed by atoms with Gasteiger partial charge in [-0.3, -0.25) is 0 Å². The fraction of sp³-hybridized carbons (Fsp3) is 0.235. The Morgan fingerprint density at radius 2 is 1.74 bits per heavy atom. The largest absolute Gasteiger partial charge is 0.398 e. The van der Waals surface area contributed by atoms with Crippen LogP contribution >= 0.6 is 0 Å². The minimum atomic E-state index is -0.538. The van der Waals surface area contributed by atoms with E-state index in [0.29, 0.717) is 0 Å². The molecule has 0 unspecified atom stereocenters. The van der Waals surface area contributed by atoms with Crippen LogP contribution in [0.5, 0.6) is 0 Å². The van der Waals surface area contributed by atoms with E-state index in [1.54, 1.807) is 0 Å². The molecule has 0 aliphatic rings. The van der Waals surface area contributed by atoms with E-state index in [4.69, 9.17) is 5.73 Å². The number of hydrogen-bond acceptors (Lipinski definition) is 2. The summed E-state index contributed by atoms with van der Waals surface area (Å²) >= 11 is 0. The maximum Gasteiger partial charge on any atom is 0.0772 e. The zero-order valence-electron chi connectivity index (χ0n) is 11.6. The van der Waals surface area contributed by atoms with Crippen LogP contribution in [0, 0.1) is 18.3 Å². The van der Waals surface area contributed by atoms with Gasteiger partial charge in [-0.25, -0.2) is 0 Å². The van der Waals surface area contributed by atoms with Crippen molar-refractivity contribution >= 4 is 5.69 Å². The van der Waals surface area contributed by atoms with Crippen LogP contribution in [0.2, 0.25) is 0 Å². The van der Waals surface area contributed by atoms with E-state index in [2.05, 4.69) is 6.07 Å². The zero-order chi connectivity index (χ0) is 14.0. The molecule has 0 aliphatic carbocycles. The number of hydrogen-bond donors (Lipinski definition) is 1. The van der Waals surface area contributed by atoms with Crippen molar-refractivity contribution in [2.75, 3.05) is 5.73 Å². The maximum absolute atomic E-state index is 9.40. The van der Waals surface area contributed by atoms with E-state index < -0.39 is 5.41 Å². The minimum absolute atomic E-state index is 0.538. The van der Waals surface area contributed by atoms with Gasteiger partial charge in [-0.15, -0.1) is 0 Å². The van der Waals surface area contributed by atoms with Gasteiger partial charge in [-0.05, 0) is 49.1 Å². The monoisotopic (exact) mass is 250 g/mol. The Morgan fingerprint density at radius 3 is 2.32 bits per heavy atom. The summed E-state index contributed by atoms with van der Waals surface area (Å²) < 4.78 is 0. The quantitative estimate of drug-likeness (QED) is 0.817. The van der Waals surface area contributed by atoms with Gasteiger partial charge in [0.1, 0.15) is 0 Å². The highest BCUT2D eigenvalue weighted by molar-refractivity contribution is 5.74. The van der Waals surface area contributed by atoms with Crippen molar-refractivity contribution in [3.05, 3.63) is 53.6 Å². The zero-order valence-corrected chi connectivity index (χ0v) is 11.6. The Kier molecular flexibility index (Phi) is 3.31. The molecule has 0 atom stereocenters. The number of anilines is 1. The van der Waals surface area contributed by atoms with Gasteiger partial charge in [-0.1, -0.05) is 36.4 Å². The summed E-state index contributed by atoms with van der Waals surface area (Å²) in [4.78, 5) is 0.